The van der Waals surface area contributed by atoms with Crippen molar-refractivity contribution in [3.63, 3.8) is 0 Å². The number of esters is 1. The van der Waals surface area contributed by atoms with E-state index in [2.05, 4.69) is 91.4 Å². The molecule has 84 heavy (non-hydrogen) atoms. The third kappa shape index (κ3) is 20.4. The number of hydrogen-bond donors (Lipinski definition) is 3. The van der Waals surface area contributed by atoms with E-state index < -0.39 is 100 Å². The van der Waals surface area contributed by atoms with E-state index in [1.54, 1.807) is 14.0 Å². The van der Waals surface area contributed by atoms with Crippen molar-refractivity contribution >= 4 is 59.8 Å². The molecule has 3 heterocycles. The van der Waals surface area contributed by atoms with Crippen LogP contribution in [0.25, 0.3) is 0 Å². The fourth-order valence-electron chi connectivity index (χ4n) is 12.0. The number of Topliss-reactive ketones (excluding diaryl/α,β-unsaturated/α-hetero) is 2. The molecule has 1 saturated carbocycles. The van der Waals surface area contributed by atoms with Crippen molar-refractivity contribution < 1.29 is 71.1 Å². The van der Waals surface area contributed by atoms with Crippen LogP contribution in [-0.2, 0) is 56.5 Å². The van der Waals surface area contributed by atoms with Gasteiger partial charge in [0.1, 0.15) is 24.0 Å². The summed E-state index contributed by atoms with van der Waals surface area (Å²) in [5.74, 6) is -7.86. The molecule has 0 aromatic heterocycles. The van der Waals surface area contributed by atoms with Crippen LogP contribution in [-0.4, -0.2) is 172 Å². The maximum atomic E-state index is 15.4. The fraction of sp³-hybridized carbons (Fsp3) is 0.841. The van der Waals surface area contributed by atoms with Gasteiger partial charge in [-0.3, -0.25) is 19.2 Å². The summed E-state index contributed by atoms with van der Waals surface area (Å²) < 4.78 is 51.5. The maximum Gasteiger partial charge on any atom is 0.407 e. The molecule has 2 bridgehead atoms. The van der Waals surface area contributed by atoms with Gasteiger partial charge in [0, 0.05) is 65.1 Å². The number of piperidine rings is 1. The first-order valence-corrected chi connectivity index (χ1v) is 37.4. The summed E-state index contributed by atoms with van der Waals surface area (Å²) in [6.45, 7) is 32.6. The number of rotatable bonds is 19. The van der Waals surface area contributed by atoms with E-state index in [1.807, 2.05) is 26.8 Å². The number of carbonyl (C=O) groups is 6. The van der Waals surface area contributed by atoms with E-state index in [0.717, 1.165) is 49.7 Å². The SMILES string of the molecule is BC(=O)NCCCCCCNC(=O)OCCC1/C=C(\C)C[C@H](C)C[C@H](OC)[C@H]2O[C@@](O)(C(=O)C(=O)N3CCCC[C@H]3C(=O)OC(/C(C)=C/[C@@H]3CC[C@@H](O[Si](C)(C)C(C)(C)C)[C@H](OC)C3)[C@H](C)[C@@H](O[Si](C)(C)C(C)(C)C)CC1=O)[C@H](C)C[C@@H]2OC. The lowest BCUT2D eigenvalue weighted by Crippen LogP contribution is -2.64. The molecule has 4 aliphatic rings. The Morgan fingerprint density at radius 2 is 1.37 bits per heavy atom. The highest BCUT2D eigenvalue weighted by molar-refractivity contribution is 6.74. The highest BCUT2D eigenvalue weighted by atomic mass is 28.4. The fourth-order valence-corrected chi connectivity index (χ4v) is 14.8. The number of cyclic esters (lactones) is 1. The lowest BCUT2D eigenvalue weighted by Gasteiger charge is -2.47. The van der Waals surface area contributed by atoms with Crippen molar-refractivity contribution in [1.29, 1.82) is 0 Å². The molecule has 3 amide bonds. The Balaban J connectivity index is 1.84. The van der Waals surface area contributed by atoms with E-state index >= 15 is 9.59 Å². The minimum atomic E-state index is -2.69. The molecule has 3 fully saturated rings. The molecule has 2 saturated heterocycles. The highest BCUT2D eigenvalue weighted by Gasteiger charge is 2.57. The van der Waals surface area contributed by atoms with Crippen molar-refractivity contribution in [1.82, 2.24) is 15.5 Å². The Labute approximate surface area is 508 Å². The minimum Gasteiger partial charge on any atom is -0.456 e. The summed E-state index contributed by atoms with van der Waals surface area (Å²) in [5.41, 5.74) is 1.68. The van der Waals surface area contributed by atoms with Gasteiger partial charge in [-0.1, -0.05) is 92.9 Å². The lowest BCUT2D eigenvalue weighted by atomic mass is 9.81. The van der Waals surface area contributed by atoms with Crippen LogP contribution >= 0.6 is 0 Å². The predicted molar refractivity (Wildman–Crippen MR) is 334 cm³/mol. The molecule has 2 unspecified atom stereocenters. The summed E-state index contributed by atoms with van der Waals surface area (Å²) in [6.07, 6.45) is 7.58. The van der Waals surface area contributed by atoms with E-state index in [4.69, 9.17) is 37.3 Å². The zero-order valence-corrected chi connectivity index (χ0v) is 57.2. The number of ketones is 2. The van der Waals surface area contributed by atoms with Crippen LogP contribution in [0, 0.1) is 29.6 Å². The first-order valence-electron chi connectivity index (χ1n) is 31.5. The second-order valence-electron chi connectivity index (χ2n) is 28.2. The molecular formula is C63H112BN3O15Si2. The van der Waals surface area contributed by atoms with Crippen LogP contribution in [0.4, 0.5) is 9.59 Å². The Hall–Kier alpha value is -3.28. The van der Waals surface area contributed by atoms with Crippen LogP contribution in [0.2, 0.25) is 36.3 Å². The normalized spacial score (nSPS) is 32.3. The first kappa shape index (κ1) is 73.2. The Morgan fingerprint density at radius 1 is 0.786 bits per heavy atom. The molecule has 480 valence electrons. The van der Waals surface area contributed by atoms with E-state index in [9.17, 15) is 24.3 Å². The average molecular weight is 1220 g/mol. The number of methoxy groups -OCH3 is 3. The average Bonchev–Trinajstić information content (AvgIpc) is 2.39. The molecule has 3 aliphatic heterocycles. The van der Waals surface area contributed by atoms with Crippen LogP contribution in [0.1, 0.15) is 172 Å². The molecule has 3 N–H and O–H groups in total. The standard InChI is InChI=1S/C63H112BN3O15Si2/c1-40-33-41(2)35-52(76-13)55-53(77-14)37-43(4)63(74,80-55)56(69)57(70)67-31-24-21-25-47(67)58(71)79-54(42(3)36-45-26-27-49(51(38-45)75-12)81-83(15,16)61(6,7)8)44(5)50(82-84(17,18)62(9,10)11)39-48(68)46(34-40)28-32-78-60(73)66-30-23-20-19-22-29-65-59(64)72/h34,36,41,43-47,49-55,74H,19-33,35,37-39,64H2,1-18H3,(H,65,72)(H,66,73)/b40-34+,42-36+/t41-,43+,44+,45-,46?,47-,49+,50-,51+,52-,53-,54?,55+,63+/m0/s1. The quantitative estimate of drug-likeness (QED) is 0.0360. The number of allylic oxidation sites excluding steroid dienone is 3. The molecule has 18 nitrogen and oxygen atoms in total. The number of ether oxygens (including phenoxy) is 6. The summed E-state index contributed by atoms with van der Waals surface area (Å²) >= 11 is 0. The van der Waals surface area contributed by atoms with Gasteiger partial charge in [-0.05, 0) is 145 Å². The van der Waals surface area contributed by atoms with Crippen molar-refractivity contribution in [2.75, 3.05) is 47.6 Å². The summed E-state index contributed by atoms with van der Waals surface area (Å²) in [4.78, 5) is 85.7. The lowest BCUT2D eigenvalue weighted by molar-refractivity contribution is -0.302. The number of alkyl carbamates (subject to hydrolysis) is 1. The Morgan fingerprint density at radius 3 is 1.95 bits per heavy atom. The molecule has 1 aliphatic carbocycles. The van der Waals surface area contributed by atoms with E-state index in [0.29, 0.717) is 45.2 Å². The van der Waals surface area contributed by atoms with Gasteiger partial charge in [-0.25, -0.2) is 9.59 Å². The number of carbonyl (C=O) groups excluding carboxylic acids is 6. The molecule has 4 rings (SSSR count). The van der Waals surface area contributed by atoms with Gasteiger partial charge < -0.3 is 57.9 Å². The minimum absolute atomic E-state index is 0.0116. The van der Waals surface area contributed by atoms with Gasteiger partial charge in [0.2, 0.25) is 13.6 Å². The van der Waals surface area contributed by atoms with E-state index in [1.165, 1.54) is 27.0 Å². The number of aliphatic hydroxyl groups is 1. The van der Waals surface area contributed by atoms with Crippen LogP contribution in [0.5, 0.6) is 0 Å². The van der Waals surface area contributed by atoms with Gasteiger partial charge in [-0.2, -0.15) is 0 Å². The molecule has 0 radical (unpaired) electrons. The van der Waals surface area contributed by atoms with E-state index in [-0.39, 0.29) is 84.5 Å². The van der Waals surface area contributed by atoms with Gasteiger partial charge in [-0.15, -0.1) is 0 Å². The van der Waals surface area contributed by atoms with Crippen LogP contribution in [0.3, 0.4) is 0 Å². The summed E-state index contributed by atoms with van der Waals surface area (Å²) in [6, 6.07) is -1.16. The molecule has 0 aromatic carbocycles. The van der Waals surface area contributed by atoms with Crippen molar-refractivity contribution in [3.8, 4) is 0 Å². The number of nitrogens with zero attached hydrogens (tertiary/aromatic N) is 1. The number of unbranched alkanes of at least 4 members (excludes halogenated alkanes) is 3. The first-order chi connectivity index (χ1) is 39.1. The smallest absolute Gasteiger partial charge is 0.407 e. The maximum absolute atomic E-state index is 15.4. The largest absolute Gasteiger partial charge is 0.456 e. The number of hydrogen-bond acceptors (Lipinski definition) is 15. The number of nitrogens with one attached hydrogen (secondary N) is 2. The number of amides is 3. The number of fused-ring (bicyclic) bond motifs is 3. The highest BCUT2D eigenvalue weighted by Crippen LogP contribution is 2.44. The van der Waals surface area contributed by atoms with Gasteiger partial charge >= 0.3 is 12.1 Å². The van der Waals surface area contributed by atoms with Crippen molar-refractivity contribution in [2.45, 2.75) is 263 Å². The van der Waals surface area contributed by atoms with Gasteiger partial charge in [0.15, 0.2) is 22.4 Å². The summed E-state index contributed by atoms with van der Waals surface area (Å²) in [7, 11) is 1.47. The van der Waals surface area contributed by atoms with Gasteiger partial charge in [0.05, 0.1) is 37.1 Å². The van der Waals surface area contributed by atoms with Crippen LogP contribution < -0.4 is 10.6 Å². The Bertz CT molecular complexity index is 2250. The third-order valence-electron chi connectivity index (χ3n) is 19.3. The third-order valence-corrected chi connectivity index (χ3v) is 28.3. The van der Waals surface area contributed by atoms with Gasteiger partial charge in [0.25, 0.3) is 11.7 Å². The van der Waals surface area contributed by atoms with Crippen molar-refractivity contribution in [2.24, 2.45) is 29.6 Å². The second kappa shape index (κ2) is 32.3. The zero-order chi connectivity index (χ0) is 63.1. The van der Waals surface area contributed by atoms with Crippen LogP contribution in [0.15, 0.2) is 23.3 Å². The second-order valence-corrected chi connectivity index (χ2v) is 37.7. The molecule has 21 heteroatoms. The summed E-state index contributed by atoms with van der Waals surface area (Å²) in [5, 5.41) is 17.8. The monoisotopic (exact) mass is 1220 g/mol. The Kier molecular flexibility index (Phi) is 28.1. The molecule has 14 atom stereocenters. The molecular weight excluding hydrogens is 1110 g/mol. The molecule has 0 spiro atoms. The molecule has 0 aromatic rings. The van der Waals surface area contributed by atoms with Crippen molar-refractivity contribution in [3.05, 3.63) is 23.3 Å². The predicted octanol–water partition coefficient (Wildman–Crippen LogP) is 10.1. The zero-order valence-electron chi connectivity index (χ0n) is 55.2. The topological polar surface area (TPSA) is 224 Å².